The summed E-state index contributed by atoms with van der Waals surface area (Å²) in [6, 6.07) is 13.1. The van der Waals surface area contributed by atoms with Crippen LogP contribution in [0.15, 0.2) is 57.9 Å². The van der Waals surface area contributed by atoms with E-state index in [2.05, 4.69) is 10.3 Å². The van der Waals surface area contributed by atoms with Gasteiger partial charge in [0.25, 0.3) is 0 Å². The topological polar surface area (TPSA) is 89.6 Å². The lowest BCUT2D eigenvalue weighted by atomic mass is 9.77. The molecule has 2 aliphatic rings. The number of methoxy groups -OCH3 is 1. The van der Waals surface area contributed by atoms with Gasteiger partial charge in [0, 0.05) is 26.4 Å². The lowest BCUT2D eigenvalue weighted by molar-refractivity contribution is -0.131. The predicted molar refractivity (Wildman–Crippen MR) is 116 cm³/mol. The van der Waals surface area contributed by atoms with Gasteiger partial charge in [-0.25, -0.2) is 9.78 Å². The first kappa shape index (κ1) is 19.8. The van der Waals surface area contributed by atoms with Crippen LogP contribution in [-0.4, -0.2) is 52.7 Å². The van der Waals surface area contributed by atoms with E-state index in [0.29, 0.717) is 36.0 Å². The van der Waals surface area contributed by atoms with Crippen LogP contribution < -0.4 is 11.1 Å². The lowest BCUT2D eigenvalue weighted by Gasteiger charge is -2.37. The van der Waals surface area contributed by atoms with Gasteiger partial charge in [-0.3, -0.25) is 9.36 Å². The van der Waals surface area contributed by atoms with Gasteiger partial charge < -0.3 is 19.4 Å². The Kier molecular flexibility index (Phi) is 5.23. The normalized spacial score (nSPS) is 25.5. The number of likely N-dealkylation sites (tertiary alicyclic amines) is 1. The van der Waals surface area contributed by atoms with Gasteiger partial charge in [-0.1, -0.05) is 18.2 Å². The third kappa shape index (κ3) is 3.83. The maximum atomic E-state index is 13.0. The summed E-state index contributed by atoms with van der Waals surface area (Å²) >= 11 is 0. The van der Waals surface area contributed by atoms with Crippen molar-refractivity contribution >= 4 is 22.8 Å². The highest BCUT2D eigenvalue weighted by molar-refractivity contribution is 5.79. The van der Waals surface area contributed by atoms with Crippen LogP contribution in [0.25, 0.3) is 11.1 Å². The monoisotopic (exact) mass is 422 g/mol. The maximum Gasteiger partial charge on any atom is 0.420 e. The molecule has 3 aromatic rings. The van der Waals surface area contributed by atoms with E-state index in [-0.39, 0.29) is 24.6 Å². The van der Waals surface area contributed by atoms with Crippen molar-refractivity contribution in [2.24, 2.45) is 11.8 Å². The molecule has 1 saturated heterocycles. The number of benzene rings is 1. The number of carbonyl (C=O) groups excluding carboxylic acids is 1. The minimum Gasteiger partial charge on any atom is -0.408 e. The zero-order valence-electron chi connectivity index (χ0n) is 17.4. The van der Waals surface area contributed by atoms with Crippen LogP contribution >= 0.6 is 0 Å². The van der Waals surface area contributed by atoms with E-state index in [0.717, 1.165) is 18.7 Å². The molecule has 4 atom stereocenters. The fraction of sp³-hybridized carbons (Fsp3) is 0.435. The standard InChI is InChI=1S/C23H26N4O4/c1-30-20-11-16-13-26(12-15(16)10-17(20)25-21-8-4-5-9-24-21)22(28)14-27-18-6-2-3-7-19(18)31-23(27)29/h2-9,15-17,20H,10-14H2,1H3,(H,24,25)/t15-,16+,17-,20-/m1/s1. The molecule has 3 heterocycles. The molecule has 1 amide bonds. The minimum atomic E-state index is -0.495. The minimum absolute atomic E-state index is 0.00138. The summed E-state index contributed by atoms with van der Waals surface area (Å²) in [7, 11) is 1.74. The zero-order chi connectivity index (χ0) is 21.4. The number of para-hydroxylation sites is 2. The molecule has 0 spiro atoms. The van der Waals surface area contributed by atoms with Crippen molar-refractivity contribution in [2.75, 3.05) is 25.5 Å². The fourth-order valence-corrected chi connectivity index (χ4v) is 5.07. The Morgan fingerprint density at radius 3 is 2.71 bits per heavy atom. The van der Waals surface area contributed by atoms with Crippen LogP contribution in [0.2, 0.25) is 0 Å². The summed E-state index contributed by atoms with van der Waals surface area (Å²) in [6.07, 6.45) is 3.65. The van der Waals surface area contributed by atoms with Crippen LogP contribution in [0.4, 0.5) is 5.82 Å². The van der Waals surface area contributed by atoms with Gasteiger partial charge in [0.2, 0.25) is 5.91 Å². The number of pyridine rings is 1. The van der Waals surface area contributed by atoms with Crippen LogP contribution in [0.1, 0.15) is 12.8 Å². The molecule has 2 aromatic heterocycles. The Labute approximate surface area is 179 Å². The van der Waals surface area contributed by atoms with Gasteiger partial charge in [0.15, 0.2) is 5.58 Å². The van der Waals surface area contributed by atoms with Gasteiger partial charge in [0.1, 0.15) is 12.4 Å². The predicted octanol–water partition coefficient (Wildman–Crippen LogP) is 2.35. The first-order chi connectivity index (χ1) is 15.1. The SMILES string of the molecule is CO[C@@H]1C[C@H]2CN(C(=O)Cn3c(=O)oc4ccccc43)C[C@H]2C[C@H]1Nc1ccccn1. The summed E-state index contributed by atoms with van der Waals surface area (Å²) in [5.41, 5.74) is 1.15. The highest BCUT2D eigenvalue weighted by Gasteiger charge is 2.43. The Balaban J connectivity index is 1.28. The van der Waals surface area contributed by atoms with Crippen molar-refractivity contribution in [1.82, 2.24) is 14.5 Å². The largest absolute Gasteiger partial charge is 0.420 e. The molecule has 0 radical (unpaired) electrons. The molecule has 1 aromatic carbocycles. The number of ether oxygens (including phenoxy) is 1. The van der Waals surface area contributed by atoms with Crippen molar-refractivity contribution in [1.29, 1.82) is 0 Å². The summed E-state index contributed by atoms with van der Waals surface area (Å²) in [5, 5.41) is 3.51. The first-order valence-corrected chi connectivity index (χ1v) is 10.7. The van der Waals surface area contributed by atoms with Crippen LogP contribution in [0.3, 0.4) is 0 Å². The van der Waals surface area contributed by atoms with E-state index >= 15 is 0 Å². The number of oxazole rings is 1. The van der Waals surface area contributed by atoms with Crippen molar-refractivity contribution in [3.63, 3.8) is 0 Å². The third-order valence-electron chi connectivity index (χ3n) is 6.64. The molecule has 162 valence electrons. The van der Waals surface area contributed by atoms with Crippen LogP contribution in [0, 0.1) is 11.8 Å². The van der Waals surface area contributed by atoms with E-state index in [1.807, 2.05) is 35.2 Å². The smallest absolute Gasteiger partial charge is 0.408 e. The quantitative estimate of drug-likeness (QED) is 0.679. The molecule has 1 aliphatic carbocycles. The molecule has 0 bridgehead atoms. The number of hydrogen-bond acceptors (Lipinski definition) is 6. The Bertz CT molecular complexity index is 1130. The van der Waals surface area contributed by atoms with Crippen molar-refractivity contribution in [3.05, 3.63) is 59.2 Å². The summed E-state index contributed by atoms with van der Waals surface area (Å²) in [6.45, 7) is 1.40. The molecular formula is C23H26N4O4. The van der Waals surface area contributed by atoms with Gasteiger partial charge >= 0.3 is 5.76 Å². The molecule has 8 nitrogen and oxygen atoms in total. The van der Waals surface area contributed by atoms with E-state index in [4.69, 9.17) is 9.15 Å². The third-order valence-corrected chi connectivity index (χ3v) is 6.64. The molecular weight excluding hydrogens is 396 g/mol. The first-order valence-electron chi connectivity index (χ1n) is 10.7. The number of rotatable bonds is 5. The van der Waals surface area contributed by atoms with E-state index in [1.165, 1.54) is 4.57 Å². The second-order valence-corrected chi connectivity index (χ2v) is 8.45. The number of hydrogen-bond donors (Lipinski definition) is 1. The second kappa shape index (κ2) is 8.19. The highest BCUT2D eigenvalue weighted by Crippen LogP contribution is 2.38. The number of fused-ring (bicyclic) bond motifs is 2. The maximum absolute atomic E-state index is 13.0. The van der Waals surface area contributed by atoms with Crippen molar-refractivity contribution < 1.29 is 13.9 Å². The van der Waals surface area contributed by atoms with E-state index in [9.17, 15) is 9.59 Å². The molecule has 2 fully saturated rings. The molecule has 1 aliphatic heterocycles. The second-order valence-electron chi connectivity index (χ2n) is 8.45. The number of carbonyl (C=O) groups is 1. The molecule has 1 N–H and O–H groups in total. The Morgan fingerprint density at radius 1 is 1.16 bits per heavy atom. The van der Waals surface area contributed by atoms with Crippen LogP contribution in [-0.2, 0) is 16.1 Å². The molecule has 1 saturated carbocycles. The van der Waals surface area contributed by atoms with Gasteiger partial charge in [0.05, 0.1) is 17.7 Å². The van der Waals surface area contributed by atoms with Crippen LogP contribution in [0.5, 0.6) is 0 Å². The number of amides is 1. The average Bonchev–Trinajstić information content (AvgIpc) is 3.34. The van der Waals surface area contributed by atoms with Crippen molar-refractivity contribution in [2.45, 2.75) is 31.5 Å². The lowest BCUT2D eigenvalue weighted by Crippen LogP contribution is -2.44. The molecule has 8 heteroatoms. The number of nitrogens with zero attached hydrogens (tertiary/aromatic N) is 3. The Hall–Kier alpha value is -3.13. The van der Waals surface area contributed by atoms with Crippen molar-refractivity contribution in [3.8, 4) is 0 Å². The van der Waals surface area contributed by atoms with Gasteiger partial charge in [-0.05, 0) is 48.9 Å². The summed E-state index contributed by atoms with van der Waals surface area (Å²) in [4.78, 5) is 31.5. The van der Waals surface area contributed by atoms with Gasteiger partial charge in [-0.2, -0.15) is 0 Å². The number of nitrogens with one attached hydrogen (secondary N) is 1. The molecule has 31 heavy (non-hydrogen) atoms. The summed E-state index contributed by atoms with van der Waals surface area (Å²) in [5.74, 6) is 1.09. The molecule has 5 rings (SSSR count). The Morgan fingerprint density at radius 2 is 1.94 bits per heavy atom. The fourth-order valence-electron chi connectivity index (χ4n) is 5.07. The summed E-state index contributed by atoms with van der Waals surface area (Å²) < 4.78 is 12.5. The molecule has 0 unspecified atom stereocenters. The highest BCUT2D eigenvalue weighted by atomic mass is 16.5. The van der Waals surface area contributed by atoms with E-state index in [1.54, 1.807) is 25.4 Å². The van der Waals surface area contributed by atoms with Gasteiger partial charge in [-0.15, -0.1) is 0 Å². The zero-order valence-corrected chi connectivity index (χ0v) is 17.4. The average molecular weight is 422 g/mol. The van der Waals surface area contributed by atoms with E-state index < -0.39 is 5.76 Å². The number of anilines is 1. The number of aromatic nitrogens is 2.